The first-order chi connectivity index (χ1) is 14.4. The average molecular weight is 406 g/mol. The summed E-state index contributed by atoms with van der Waals surface area (Å²) in [7, 11) is 1.50. The smallest absolute Gasteiger partial charge is 0.339 e. The number of fused-ring (bicyclic) bond motifs is 1. The van der Waals surface area contributed by atoms with Gasteiger partial charge in [-0.2, -0.15) is 5.10 Å². The SMILES string of the molecule is COc1ccc(C(=O)c2ccc(N3C(=O)c4c(C(=O)O)cnn4CC3C)cc2)cn1. The summed E-state index contributed by atoms with van der Waals surface area (Å²) < 4.78 is 6.42. The molecule has 3 heterocycles. The lowest BCUT2D eigenvalue weighted by Crippen LogP contribution is -2.47. The molecule has 1 aliphatic heterocycles. The Balaban J connectivity index is 1.61. The Kier molecular flexibility index (Phi) is 4.78. The Bertz CT molecular complexity index is 1140. The lowest BCUT2D eigenvalue weighted by molar-refractivity contribution is 0.0689. The molecule has 1 atom stereocenters. The number of methoxy groups -OCH3 is 1. The molecule has 0 saturated carbocycles. The van der Waals surface area contributed by atoms with Crippen molar-refractivity contribution in [2.45, 2.75) is 19.5 Å². The van der Waals surface area contributed by atoms with Gasteiger partial charge >= 0.3 is 5.97 Å². The Morgan fingerprint density at radius 2 is 1.80 bits per heavy atom. The van der Waals surface area contributed by atoms with Crippen LogP contribution in [0.4, 0.5) is 5.69 Å². The Labute approximate surface area is 171 Å². The summed E-state index contributed by atoms with van der Waals surface area (Å²) in [6.07, 6.45) is 2.64. The zero-order chi connectivity index (χ0) is 21.4. The number of carbonyl (C=O) groups is 3. The van der Waals surface area contributed by atoms with Crippen LogP contribution in [0.5, 0.6) is 5.88 Å². The third kappa shape index (κ3) is 3.20. The zero-order valence-electron chi connectivity index (χ0n) is 16.3. The minimum atomic E-state index is -1.20. The number of nitrogens with zero attached hydrogens (tertiary/aromatic N) is 4. The summed E-state index contributed by atoms with van der Waals surface area (Å²) in [6.45, 7) is 2.22. The van der Waals surface area contributed by atoms with Crippen molar-refractivity contribution >= 4 is 23.3 Å². The molecule has 9 nitrogen and oxygen atoms in total. The van der Waals surface area contributed by atoms with Gasteiger partial charge in [0, 0.05) is 29.1 Å². The fraction of sp³-hybridized carbons (Fsp3) is 0.190. The van der Waals surface area contributed by atoms with Gasteiger partial charge in [-0.3, -0.25) is 14.3 Å². The first kappa shape index (κ1) is 19.3. The van der Waals surface area contributed by atoms with Gasteiger partial charge in [-0.15, -0.1) is 0 Å². The maximum absolute atomic E-state index is 13.0. The van der Waals surface area contributed by atoms with E-state index in [4.69, 9.17) is 4.74 Å². The normalized spacial score (nSPS) is 15.6. The van der Waals surface area contributed by atoms with Crippen LogP contribution in [-0.2, 0) is 6.54 Å². The van der Waals surface area contributed by atoms with Crippen molar-refractivity contribution in [3.05, 3.63) is 71.2 Å². The number of ketones is 1. The number of amides is 1. The number of aromatic nitrogens is 3. The van der Waals surface area contributed by atoms with Crippen LogP contribution in [0.3, 0.4) is 0 Å². The van der Waals surface area contributed by atoms with Crippen molar-refractivity contribution in [2.75, 3.05) is 12.0 Å². The van der Waals surface area contributed by atoms with E-state index < -0.39 is 11.9 Å². The molecule has 1 N–H and O–H groups in total. The molecule has 0 aliphatic carbocycles. The van der Waals surface area contributed by atoms with E-state index in [-0.39, 0.29) is 23.1 Å². The molecule has 0 spiro atoms. The van der Waals surface area contributed by atoms with Crippen LogP contribution in [0.15, 0.2) is 48.8 Å². The number of ether oxygens (including phenoxy) is 1. The predicted molar refractivity (Wildman–Crippen MR) is 106 cm³/mol. The van der Waals surface area contributed by atoms with E-state index in [2.05, 4.69) is 10.1 Å². The van der Waals surface area contributed by atoms with Crippen molar-refractivity contribution in [3.8, 4) is 5.88 Å². The molecular weight excluding hydrogens is 388 g/mol. The van der Waals surface area contributed by atoms with Gasteiger partial charge in [0.15, 0.2) is 5.78 Å². The van der Waals surface area contributed by atoms with Crippen molar-refractivity contribution in [1.82, 2.24) is 14.8 Å². The van der Waals surface area contributed by atoms with Gasteiger partial charge in [-0.1, -0.05) is 0 Å². The van der Waals surface area contributed by atoms with E-state index in [1.54, 1.807) is 36.4 Å². The van der Waals surface area contributed by atoms with Gasteiger partial charge in [0.1, 0.15) is 11.3 Å². The van der Waals surface area contributed by atoms with E-state index in [0.29, 0.717) is 29.2 Å². The molecular formula is C21H18N4O5. The van der Waals surface area contributed by atoms with Crippen molar-refractivity contribution in [2.24, 2.45) is 0 Å². The molecule has 9 heteroatoms. The lowest BCUT2D eigenvalue weighted by Gasteiger charge is -2.34. The molecule has 0 fully saturated rings. The highest BCUT2D eigenvalue weighted by atomic mass is 16.5. The van der Waals surface area contributed by atoms with Gasteiger partial charge in [0.05, 0.1) is 25.9 Å². The third-order valence-electron chi connectivity index (χ3n) is 4.98. The summed E-state index contributed by atoms with van der Waals surface area (Å²) in [5.74, 6) is -1.43. The summed E-state index contributed by atoms with van der Waals surface area (Å²) in [6, 6.07) is 9.61. The largest absolute Gasteiger partial charge is 0.481 e. The number of carbonyl (C=O) groups excluding carboxylic acids is 2. The molecule has 1 aliphatic rings. The zero-order valence-corrected chi connectivity index (χ0v) is 16.3. The number of carboxylic acid groups (broad SMARTS) is 1. The first-order valence-electron chi connectivity index (χ1n) is 9.18. The summed E-state index contributed by atoms with van der Waals surface area (Å²) in [5, 5.41) is 13.4. The van der Waals surface area contributed by atoms with Crippen LogP contribution in [0.1, 0.15) is 43.7 Å². The number of anilines is 1. The Hall–Kier alpha value is -4.01. The summed E-state index contributed by atoms with van der Waals surface area (Å²) >= 11 is 0. The lowest BCUT2D eigenvalue weighted by atomic mass is 10.0. The number of carboxylic acids is 1. The van der Waals surface area contributed by atoms with Crippen molar-refractivity contribution in [3.63, 3.8) is 0 Å². The number of aromatic carboxylic acids is 1. The molecule has 0 bridgehead atoms. The van der Waals surface area contributed by atoms with Crippen LogP contribution in [0.25, 0.3) is 0 Å². The molecule has 3 aromatic rings. The van der Waals surface area contributed by atoms with Gasteiger partial charge in [-0.25, -0.2) is 9.78 Å². The molecule has 152 valence electrons. The molecule has 0 radical (unpaired) electrons. The number of benzene rings is 1. The maximum atomic E-state index is 13.0. The third-order valence-corrected chi connectivity index (χ3v) is 4.98. The molecule has 1 unspecified atom stereocenters. The maximum Gasteiger partial charge on any atom is 0.339 e. The molecule has 4 rings (SSSR count). The highest BCUT2D eigenvalue weighted by Gasteiger charge is 2.35. The summed E-state index contributed by atoms with van der Waals surface area (Å²) in [4.78, 5) is 42.7. The van der Waals surface area contributed by atoms with Gasteiger partial charge < -0.3 is 14.7 Å². The minimum Gasteiger partial charge on any atom is -0.481 e. The molecule has 30 heavy (non-hydrogen) atoms. The van der Waals surface area contributed by atoms with Crippen LogP contribution >= 0.6 is 0 Å². The first-order valence-corrected chi connectivity index (χ1v) is 9.18. The van der Waals surface area contributed by atoms with Crippen molar-refractivity contribution < 1.29 is 24.2 Å². The number of hydrogen-bond acceptors (Lipinski definition) is 6. The van der Waals surface area contributed by atoms with Crippen LogP contribution in [0, 0.1) is 0 Å². The molecule has 1 amide bonds. The standard InChI is InChI=1S/C21H18N4O5/c1-12-11-24-18(16(10-23-24)21(28)29)20(27)25(12)15-6-3-13(4-7-15)19(26)14-5-8-17(30-2)22-9-14/h3-10,12H,11H2,1-2H3,(H,28,29). The second-order valence-electron chi connectivity index (χ2n) is 6.88. The van der Waals surface area contributed by atoms with Crippen LogP contribution in [-0.4, -0.2) is 50.7 Å². The fourth-order valence-electron chi connectivity index (χ4n) is 3.50. The van der Waals surface area contributed by atoms with Crippen LogP contribution < -0.4 is 9.64 Å². The Morgan fingerprint density at radius 1 is 1.10 bits per heavy atom. The Morgan fingerprint density at radius 3 is 2.40 bits per heavy atom. The molecule has 2 aromatic heterocycles. The fourth-order valence-corrected chi connectivity index (χ4v) is 3.50. The van der Waals surface area contributed by atoms with Gasteiger partial charge in [0.2, 0.25) is 5.88 Å². The average Bonchev–Trinajstić information content (AvgIpc) is 3.18. The minimum absolute atomic E-state index is 0.0464. The van der Waals surface area contributed by atoms with E-state index in [1.807, 2.05) is 6.92 Å². The van der Waals surface area contributed by atoms with Gasteiger partial charge in [0.25, 0.3) is 5.91 Å². The summed E-state index contributed by atoms with van der Waals surface area (Å²) in [5.41, 5.74) is 1.35. The van der Waals surface area contributed by atoms with E-state index in [1.165, 1.54) is 29.1 Å². The number of rotatable bonds is 5. The number of pyridine rings is 1. The van der Waals surface area contributed by atoms with Gasteiger partial charge in [-0.05, 0) is 37.3 Å². The monoisotopic (exact) mass is 406 g/mol. The second kappa shape index (κ2) is 7.43. The quantitative estimate of drug-likeness (QED) is 0.646. The van der Waals surface area contributed by atoms with E-state index in [0.717, 1.165) is 0 Å². The highest BCUT2D eigenvalue weighted by molar-refractivity contribution is 6.12. The highest BCUT2D eigenvalue weighted by Crippen LogP contribution is 2.27. The van der Waals surface area contributed by atoms with E-state index in [9.17, 15) is 19.5 Å². The molecule has 1 aromatic carbocycles. The van der Waals surface area contributed by atoms with Crippen LogP contribution in [0.2, 0.25) is 0 Å². The predicted octanol–water partition coefficient (Wildman–Crippen LogP) is 2.26. The second-order valence-corrected chi connectivity index (χ2v) is 6.88. The van der Waals surface area contributed by atoms with E-state index >= 15 is 0 Å². The van der Waals surface area contributed by atoms with Crippen molar-refractivity contribution in [1.29, 1.82) is 0 Å². The molecule has 0 saturated heterocycles. The number of hydrogen-bond donors (Lipinski definition) is 1. The topological polar surface area (TPSA) is 115 Å².